The van der Waals surface area contributed by atoms with Crippen LogP contribution in [0, 0.1) is 16.0 Å². The second-order valence-corrected chi connectivity index (χ2v) is 11.8. The molecule has 3 aromatic rings. The quantitative estimate of drug-likeness (QED) is 0.135. The maximum atomic E-state index is 13.7. The Hall–Kier alpha value is -4.63. The molecule has 9 heteroatoms. The molecular weight excluding hydrogens is 568 g/mol. The zero-order valence-electron chi connectivity index (χ0n) is 26.1. The molecule has 2 aliphatic rings. The number of likely N-dealkylation sites (tertiary alicyclic amines) is 1. The fourth-order valence-electron chi connectivity index (χ4n) is 6.95. The summed E-state index contributed by atoms with van der Waals surface area (Å²) in [6.45, 7) is 6.72. The van der Waals surface area contributed by atoms with Crippen molar-refractivity contribution >= 4 is 23.3 Å². The van der Waals surface area contributed by atoms with Gasteiger partial charge >= 0.3 is 5.97 Å². The number of nitro groups is 1. The van der Waals surface area contributed by atoms with Crippen molar-refractivity contribution in [1.82, 2.24) is 10.2 Å². The van der Waals surface area contributed by atoms with E-state index in [4.69, 9.17) is 4.74 Å². The molecule has 1 unspecified atom stereocenters. The van der Waals surface area contributed by atoms with Crippen LogP contribution in [0.1, 0.15) is 55.7 Å². The molecule has 45 heavy (non-hydrogen) atoms. The number of methoxy groups -OCH3 is 1. The van der Waals surface area contributed by atoms with Crippen LogP contribution in [0.3, 0.4) is 0 Å². The van der Waals surface area contributed by atoms with Gasteiger partial charge in [0.05, 0.1) is 12.0 Å². The summed E-state index contributed by atoms with van der Waals surface area (Å²) in [5, 5.41) is 14.3. The number of nitrogens with one attached hydrogen (secondary N) is 1. The molecule has 1 amide bonds. The predicted octanol–water partition coefficient (Wildman–Crippen LogP) is 5.80. The van der Waals surface area contributed by atoms with E-state index in [9.17, 15) is 19.7 Å². The van der Waals surface area contributed by atoms with Crippen molar-refractivity contribution in [2.45, 2.75) is 44.4 Å². The van der Waals surface area contributed by atoms with Crippen molar-refractivity contribution in [1.29, 1.82) is 0 Å². The minimum Gasteiger partial charge on any atom is -0.468 e. The van der Waals surface area contributed by atoms with Gasteiger partial charge in [0.15, 0.2) is 0 Å². The Morgan fingerprint density at radius 3 is 2.07 bits per heavy atom. The molecule has 5 rings (SSSR count). The van der Waals surface area contributed by atoms with Crippen molar-refractivity contribution in [3.8, 4) is 0 Å². The van der Waals surface area contributed by atoms with E-state index >= 15 is 0 Å². The van der Waals surface area contributed by atoms with Crippen LogP contribution in [-0.2, 0) is 19.7 Å². The number of piperidine rings is 1. The molecule has 9 nitrogen and oxygen atoms in total. The van der Waals surface area contributed by atoms with E-state index in [0.29, 0.717) is 29.1 Å². The van der Waals surface area contributed by atoms with Crippen LogP contribution in [0.25, 0.3) is 0 Å². The number of amides is 1. The number of nitro benzene ring substituents is 1. The van der Waals surface area contributed by atoms with Crippen molar-refractivity contribution < 1.29 is 19.2 Å². The molecule has 0 aromatic heterocycles. The fourth-order valence-corrected chi connectivity index (χ4v) is 6.95. The number of non-ortho nitro benzene ring substituents is 1. The second kappa shape index (κ2) is 14.0. The first kappa shape index (κ1) is 31.8. The van der Waals surface area contributed by atoms with Crippen LogP contribution in [0.5, 0.6) is 0 Å². The zero-order chi connectivity index (χ0) is 32.0. The fraction of sp³-hybridized carbons (Fsp3) is 0.361. The molecular formula is C36H40N4O5. The number of benzene rings is 3. The van der Waals surface area contributed by atoms with Gasteiger partial charge in [-0.1, -0.05) is 72.8 Å². The highest BCUT2D eigenvalue weighted by molar-refractivity contribution is 6.07. The number of carbonyl (C=O) groups excluding carboxylic acids is 2. The third kappa shape index (κ3) is 6.73. The Labute approximate surface area is 264 Å². The highest BCUT2D eigenvalue weighted by atomic mass is 16.6. The van der Waals surface area contributed by atoms with Gasteiger partial charge in [-0.15, -0.1) is 0 Å². The summed E-state index contributed by atoms with van der Waals surface area (Å²) in [7, 11) is 1.30. The van der Waals surface area contributed by atoms with Gasteiger partial charge in [-0.3, -0.25) is 24.7 Å². The van der Waals surface area contributed by atoms with Crippen LogP contribution < -0.4 is 5.32 Å². The van der Waals surface area contributed by atoms with Crippen molar-refractivity contribution in [3.05, 3.63) is 123 Å². The van der Waals surface area contributed by atoms with Gasteiger partial charge in [0, 0.05) is 47.0 Å². The van der Waals surface area contributed by atoms with Crippen LogP contribution >= 0.6 is 0 Å². The maximum Gasteiger partial charge on any atom is 0.315 e. The van der Waals surface area contributed by atoms with Gasteiger partial charge in [0.2, 0.25) is 5.91 Å². The minimum atomic E-state index is -0.816. The van der Waals surface area contributed by atoms with Gasteiger partial charge in [-0.05, 0) is 69.4 Å². The first-order chi connectivity index (χ1) is 21.7. The molecule has 1 N–H and O–H groups in total. The van der Waals surface area contributed by atoms with E-state index in [1.165, 1.54) is 30.4 Å². The van der Waals surface area contributed by atoms with Crippen LogP contribution in [0.15, 0.2) is 101 Å². The number of allylic oxidation sites excluding steroid dienone is 1. The largest absolute Gasteiger partial charge is 0.468 e. The normalized spacial score (nSPS) is 19.8. The lowest BCUT2D eigenvalue weighted by atomic mass is 9.68. The van der Waals surface area contributed by atoms with Crippen LogP contribution in [0.2, 0.25) is 0 Å². The van der Waals surface area contributed by atoms with Crippen molar-refractivity contribution in [2.75, 3.05) is 33.3 Å². The Balaban J connectivity index is 1.24. The number of esters is 1. The standard InChI is InChI=1S/C36H40N4O5/c1-25-31(33(32(26(2)38-25)35(42)45-3)27-15-17-30(18-16-27)40(43)44)34(41)37-21-10-22-39-23-19-36(20-24-39,28-11-6-4-7-12-28)29-13-8-5-9-14-29/h4-9,11-18,32-33H,10,19-24H2,1-3H3,(H,37,41)/t32?,33-/m1/s1. The van der Waals surface area contributed by atoms with Crippen LogP contribution in [-0.4, -0.2) is 60.7 Å². The summed E-state index contributed by atoms with van der Waals surface area (Å²) in [5.74, 6) is -2.30. The van der Waals surface area contributed by atoms with Crippen molar-refractivity contribution in [2.24, 2.45) is 10.9 Å². The Morgan fingerprint density at radius 2 is 1.53 bits per heavy atom. The number of carbonyl (C=O) groups is 2. The molecule has 1 fully saturated rings. The van der Waals surface area contributed by atoms with E-state index in [0.717, 1.165) is 38.9 Å². The number of hydrogen-bond donors (Lipinski definition) is 1. The second-order valence-electron chi connectivity index (χ2n) is 11.8. The predicted molar refractivity (Wildman–Crippen MR) is 174 cm³/mol. The summed E-state index contributed by atoms with van der Waals surface area (Å²) >= 11 is 0. The molecule has 2 aliphatic heterocycles. The molecule has 0 radical (unpaired) electrons. The van der Waals surface area contributed by atoms with E-state index in [1.807, 2.05) is 0 Å². The lowest BCUT2D eigenvalue weighted by Crippen LogP contribution is -2.44. The molecule has 2 atom stereocenters. The first-order valence-electron chi connectivity index (χ1n) is 15.4. The van der Waals surface area contributed by atoms with Gasteiger partial charge in [-0.2, -0.15) is 0 Å². The Bertz CT molecular complexity index is 1540. The number of rotatable bonds is 10. The van der Waals surface area contributed by atoms with Crippen molar-refractivity contribution in [3.63, 3.8) is 0 Å². The average Bonchev–Trinajstić information content (AvgIpc) is 3.07. The summed E-state index contributed by atoms with van der Waals surface area (Å²) in [4.78, 5) is 44.3. The number of ether oxygens (including phenoxy) is 1. The highest BCUT2D eigenvalue weighted by Crippen LogP contribution is 2.42. The van der Waals surface area contributed by atoms with Gasteiger partial charge in [-0.25, -0.2) is 0 Å². The molecule has 2 heterocycles. The molecule has 234 valence electrons. The minimum absolute atomic E-state index is 0.0140. The van der Waals surface area contributed by atoms with E-state index in [-0.39, 0.29) is 17.0 Å². The maximum absolute atomic E-state index is 13.7. The van der Waals surface area contributed by atoms with Gasteiger partial charge in [0.25, 0.3) is 5.69 Å². The molecule has 0 bridgehead atoms. The monoisotopic (exact) mass is 608 g/mol. The molecule has 0 saturated carbocycles. The third-order valence-corrected chi connectivity index (χ3v) is 9.29. The van der Waals surface area contributed by atoms with Gasteiger partial charge in [0.1, 0.15) is 5.92 Å². The van der Waals surface area contributed by atoms with E-state index in [2.05, 4.69) is 75.9 Å². The topological polar surface area (TPSA) is 114 Å². The first-order valence-corrected chi connectivity index (χ1v) is 15.4. The van der Waals surface area contributed by atoms with E-state index in [1.54, 1.807) is 26.0 Å². The van der Waals surface area contributed by atoms with E-state index < -0.39 is 22.7 Å². The van der Waals surface area contributed by atoms with Crippen LogP contribution in [0.4, 0.5) is 5.69 Å². The summed E-state index contributed by atoms with van der Waals surface area (Å²) in [5.41, 5.74) is 4.66. The average molecular weight is 609 g/mol. The Morgan fingerprint density at radius 1 is 0.956 bits per heavy atom. The summed E-state index contributed by atoms with van der Waals surface area (Å²) < 4.78 is 5.09. The number of nitrogens with zero attached hydrogens (tertiary/aromatic N) is 3. The van der Waals surface area contributed by atoms with Gasteiger partial charge < -0.3 is 15.0 Å². The summed E-state index contributed by atoms with van der Waals surface area (Å²) in [6, 6.07) is 27.5. The number of hydrogen-bond acceptors (Lipinski definition) is 7. The molecule has 3 aromatic carbocycles. The lowest BCUT2D eigenvalue weighted by Gasteiger charge is -2.43. The highest BCUT2D eigenvalue weighted by Gasteiger charge is 2.42. The lowest BCUT2D eigenvalue weighted by molar-refractivity contribution is -0.384. The smallest absolute Gasteiger partial charge is 0.315 e. The zero-order valence-corrected chi connectivity index (χ0v) is 26.1. The molecule has 0 aliphatic carbocycles. The third-order valence-electron chi connectivity index (χ3n) is 9.29. The molecule has 1 saturated heterocycles. The Kier molecular flexibility index (Phi) is 9.88. The number of aliphatic imine (C=N–C) groups is 1. The SMILES string of the molecule is COC(=O)C1C(C)=NC(C)=C(C(=O)NCCCN2CCC(c3ccccc3)(c3ccccc3)CC2)[C@H]1c1ccc([N+](=O)[O-])cc1. The molecule has 0 spiro atoms. The summed E-state index contributed by atoms with van der Waals surface area (Å²) in [6.07, 6.45) is 2.80.